The lowest BCUT2D eigenvalue weighted by molar-refractivity contribution is 0.161. The van der Waals surface area contributed by atoms with Crippen molar-refractivity contribution >= 4 is 28.4 Å². The summed E-state index contributed by atoms with van der Waals surface area (Å²) in [7, 11) is 0. The zero-order valence-electron chi connectivity index (χ0n) is 9.72. The standard InChI is InChI=1S/C12H14N4O2/c13-8-1-2-9-10(3-4-15-11(9)7-8)16-5-6-18-12(14)17/h1-4,7H,5-6,13H2,(H2,14,17)(H,15,16). The molecule has 0 spiro atoms. The minimum atomic E-state index is -0.774. The number of fused-ring (bicyclic) bond motifs is 1. The Morgan fingerprint density at radius 3 is 3.00 bits per heavy atom. The first kappa shape index (κ1) is 12.0. The number of rotatable bonds is 4. The van der Waals surface area contributed by atoms with Crippen LogP contribution in [0.2, 0.25) is 0 Å². The third-order valence-corrected chi connectivity index (χ3v) is 2.43. The average molecular weight is 246 g/mol. The van der Waals surface area contributed by atoms with E-state index in [0.29, 0.717) is 12.2 Å². The van der Waals surface area contributed by atoms with Gasteiger partial charge in [-0.2, -0.15) is 0 Å². The average Bonchev–Trinajstić information content (AvgIpc) is 2.34. The van der Waals surface area contributed by atoms with E-state index < -0.39 is 6.09 Å². The van der Waals surface area contributed by atoms with E-state index in [4.69, 9.17) is 11.5 Å². The summed E-state index contributed by atoms with van der Waals surface area (Å²) in [5.74, 6) is 0. The molecule has 0 fully saturated rings. The lowest BCUT2D eigenvalue weighted by Gasteiger charge is -2.09. The SMILES string of the molecule is NC(=O)OCCNc1ccnc2cc(N)ccc12. The molecule has 1 aromatic heterocycles. The maximum Gasteiger partial charge on any atom is 0.404 e. The quantitative estimate of drug-likeness (QED) is 0.557. The molecule has 0 unspecified atom stereocenters. The van der Waals surface area contributed by atoms with Gasteiger partial charge in [-0.3, -0.25) is 4.98 Å². The maximum absolute atomic E-state index is 10.4. The van der Waals surface area contributed by atoms with Gasteiger partial charge in [-0.1, -0.05) is 0 Å². The van der Waals surface area contributed by atoms with E-state index in [1.165, 1.54) is 0 Å². The zero-order chi connectivity index (χ0) is 13.0. The van der Waals surface area contributed by atoms with Crippen LogP contribution in [0.3, 0.4) is 0 Å². The molecule has 1 amide bonds. The van der Waals surface area contributed by atoms with Gasteiger partial charge in [0.05, 0.1) is 5.52 Å². The number of carbonyl (C=O) groups is 1. The summed E-state index contributed by atoms with van der Waals surface area (Å²) in [6.45, 7) is 0.695. The Bertz CT molecular complexity index is 571. The van der Waals surface area contributed by atoms with Crippen LogP contribution in [-0.2, 0) is 4.74 Å². The summed E-state index contributed by atoms with van der Waals surface area (Å²) in [6, 6.07) is 7.37. The first-order chi connectivity index (χ1) is 8.66. The summed E-state index contributed by atoms with van der Waals surface area (Å²) in [4.78, 5) is 14.6. The molecule has 2 rings (SSSR count). The van der Waals surface area contributed by atoms with Crippen LogP contribution in [0.5, 0.6) is 0 Å². The molecule has 0 aliphatic carbocycles. The lowest BCUT2D eigenvalue weighted by Crippen LogP contribution is -2.18. The van der Waals surface area contributed by atoms with E-state index in [2.05, 4.69) is 15.0 Å². The number of benzene rings is 1. The molecule has 0 bridgehead atoms. The van der Waals surface area contributed by atoms with E-state index in [0.717, 1.165) is 16.6 Å². The molecule has 0 saturated carbocycles. The van der Waals surface area contributed by atoms with Crippen LogP contribution < -0.4 is 16.8 Å². The Kier molecular flexibility index (Phi) is 3.47. The number of hydrogen-bond acceptors (Lipinski definition) is 5. The number of primary amides is 1. The third-order valence-electron chi connectivity index (χ3n) is 2.43. The van der Waals surface area contributed by atoms with Crippen molar-refractivity contribution in [3.63, 3.8) is 0 Å². The molecule has 5 N–H and O–H groups in total. The van der Waals surface area contributed by atoms with Crippen LogP contribution in [0.25, 0.3) is 10.9 Å². The highest BCUT2D eigenvalue weighted by Crippen LogP contribution is 2.22. The minimum Gasteiger partial charge on any atom is -0.448 e. The highest BCUT2D eigenvalue weighted by molar-refractivity contribution is 5.92. The number of amides is 1. The van der Waals surface area contributed by atoms with Crippen LogP contribution in [0.1, 0.15) is 0 Å². The molecule has 1 heterocycles. The van der Waals surface area contributed by atoms with Gasteiger partial charge in [0.15, 0.2) is 0 Å². The van der Waals surface area contributed by atoms with Gasteiger partial charge in [0.2, 0.25) is 0 Å². The maximum atomic E-state index is 10.4. The summed E-state index contributed by atoms with van der Waals surface area (Å²) >= 11 is 0. The van der Waals surface area contributed by atoms with Gasteiger partial charge in [-0.05, 0) is 24.3 Å². The predicted octanol–water partition coefficient (Wildman–Crippen LogP) is 1.32. The summed E-state index contributed by atoms with van der Waals surface area (Å²) in [5.41, 5.74) is 13.0. The molecule has 0 aliphatic rings. The van der Waals surface area contributed by atoms with Crippen molar-refractivity contribution in [3.8, 4) is 0 Å². The van der Waals surface area contributed by atoms with E-state index >= 15 is 0 Å². The summed E-state index contributed by atoms with van der Waals surface area (Å²) < 4.78 is 4.64. The molecule has 0 radical (unpaired) electrons. The molecule has 6 nitrogen and oxygen atoms in total. The molecular weight excluding hydrogens is 232 g/mol. The molecule has 6 heteroatoms. The Labute approximate surface area is 104 Å². The summed E-state index contributed by atoms with van der Waals surface area (Å²) in [5, 5.41) is 4.11. The number of nitrogens with zero attached hydrogens (tertiary/aromatic N) is 1. The Morgan fingerprint density at radius 1 is 1.39 bits per heavy atom. The number of pyridine rings is 1. The highest BCUT2D eigenvalue weighted by Gasteiger charge is 2.02. The first-order valence-corrected chi connectivity index (χ1v) is 5.47. The second-order valence-corrected chi connectivity index (χ2v) is 3.73. The molecular formula is C12H14N4O2. The Balaban J connectivity index is 2.11. The van der Waals surface area contributed by atoms with Gasteiger partial charge < -0.3 is 21.5 Å². The zero-order valence-corrected chi connectivity index (χ0v) is 9.72. The number of ether oxygens (including phenoxy) is 1. The molecule has 0 atom stereocenters. The fourth-order valence-corrected chi connectivity index (χ4v) is 1.66. The van der Waals surface area contributed by atoms with E-state index in [1.807, 2.05) is 18.2 Å². The number of aromatic nitrogens is 1. The first-order valence-electron chi connectivity index (χ1n) is 5.47. The molecule has 0 aliphatic heterocycles. The number of anilines is 2. The highest BCUT2D eigenvalue weighted by atomic mass is 16.5. The van der Waals surface area contributed by atoms with E-state index in [9.17, 15) is 4.79 Å². The van der Waals surface area contributed by atoms with Gasteiger partial charge >= 0.3 is 6.09 Å². The fourth-order valence-electron chi connectivity index (χ4n) is 1.66. The molecule has 94 valence electrons. The number of nitrogens with one attached hydrogen (secondary N) is 1. The van der Waals surface area contributed by atoms with Crippen molar-refractivity contribution in [2.24, 2.45) is 5.73 Å². The molecule has 1 aromatic carbocycles. The third kappa shape index (κ3) is 2.79. The number of nitrogen functional groups attached to an aromatic ring is 1. The van der Waals surface area contributed by atoms with Gasteiger partial charge in [0.1, 0.15) is 6.61 Å². The van der Waals surface area contributed by atoms with E-state index in [1.54, 1.807) is 12.3 Å². The smallest absolute Gasteiger partial charge is 0.404 e. The molecule has 0 saturated heterocycles. The van der Waals surface area contributed by atoms with Gasteiger partial charge in [0.25, 0.3) is 0 Å². The van der Waals surface area contributed by atoms with Crippen molar-refractivity contribution in [3.05, 3.63) is 30.5 Å². The predicted molar refractivity (Wildman–Crippen MR) is 70.2 cm³/mol. The Morgan fingerprint density at radius 2 is 2.22 bits per heavy atom. The van der Waals surface area contributed by atoms with Crippen LogP contribution in [-0.4, -0.2) is 24.2 Å². The molecule has 2 aromatic rings. The number of nitrogens with two attached hydrogens (primary N) is 2. The van der Waals surface area contributed by atoms with Crippen molar-refractivity contribution in [2.45, 2.75) is 0 Å². The van der Waals surface area contributed by atoms with Gasteiger partial charge in [-0.15, -0.1) is 0 Å². The van der Waals surface area contributed by atoms with Crippen molar-refractivity contribution < 1.29 is 9.53 Å². The normalized spacial score (nSPS) is 10.2. The van der Waals surface area contributed by atoms with Gasteiger partial charge in [-0.25, -0.2) is 4.79 Å². The number of carbonyl (C=O) groups excluding carboxylic acids is 1. The molecule has 18 heavy (non-hydrogen) atoms. The van der Waals surface area contributed by atoms with Crippen LogP contribution in [0.15, 0.2) is 30.5 Å². The monoisotopic (exact) mass is 246 g/mol. The lowest BCUT2D eigenvalue weighted by atomic mass is 10.1. The topological polar surface area (TPSA) is 103 Å². The minimum absolute atomic E-state index is 0.216. The summed E-state index contributed by atoms with van der Waals surface area (Å²) in [6.07, 6.45) is 0.920. The Hall–Kier alpha value is -2.50. The van der Waals surface area contributed by atoms with Crippen molar-refractivity contribution in [1.29, 1.82) is 0 Å². The fraction of sp³-hybridized carbons (Fsp3) is 0.167. The number of hydrogen-bond donors (Lipinski definition) is 3. The second-order valence-electron chi connectivity index (χ2n) is 3.73. The van der Waals surface area contributed by atoms with Crippen LogP contribution >= 0.6 is 0 Å². The van der Waals surface area contributed by atoms with E-state index in [-0.39, 0.29) is 6.61 Å². The van der Waals surface area contributed by atoms with Gasteiger partial charge in [0, 0.05) is 29.5 Å². The van der Waals surface area contributed by atoms with Crippen LogP contribution in [0.4, 0.5) is 16.2 Å². The van der Waals surface area contributed by atoms with Crippen molar-refractivity contribution in [1.82, 2.24) is 4.98 Å². The largest absolute Gasteiger partial charge is 0.448 e. The van der Waals surface area contributed by atoms with Crippen LogP contribution in [0, 0.1) is 0 Å². The second kappa shape index (κ2) is 5.22. The van der Waals surface area contributed by atoms with Crippen molar-refractivity contribution in [2.75, 3.05) is 24.2 Å².